The maximum absolute atomic E-state index is 5.84. The monoisotopic (exact) mass is 279 g/mol. The first-order chi connectivity index (χ1) is 9.37. The lowest BCUT2D eigenvalue weighted by molar-refractivity contribution is 0.0908. The number of aryl methyl sites for hydroxylation is 1. The Kier molecular flexibility index (Phi) is 6.50. The van der Waals surface area contributed by atoms with Crippen LogP contribution in [0.1, 0.15) is 44.4 Å². The second-order valence-corrected chi connectivity index (χ2v) is 6.47. The molecule has 0 bridgehead atoms. The number of methoxy groups -OCH3 is 1. The minimum atomic E-state index is 0.157. The highest BCUT2D eigenvalue weighted by atomic mass is 16.5. The van der Waals surface area contributed by atoms with Crippen molar-refractivity contribution >= 4 is 0 Å². The van der Waals surface area contributed by atoms with Crippen LogP contribution in [0, 0.1) is 12.3 Å². The lowest BCUT2D eigenvalue weighted by Gasteiger charge is -2.22. The van der Waals surface area contributed by atoms with Crippen LogP contribution in [0.5, 0.6) is 5.75 Å². The van der Waals surface area contributed by atoms with Crippen molar-refractivity contribution in [2.45, 2.75) is 40.2 Å². The molecule has 1 aromatic rings. The molecule has 0 radical (unpaired) electrons. The Labute approximate surface area is 123 Å². The van der Waals surface area contributed by atoms with Gasteiger partial charge in [0.05, 0.1) is 19.8 Å². The highest BCUT2D eigenvalue weighted by Gasteiger charge is 2.16. The van der Waals surface area contributed by atoms with Crippen molar-refractivity contribution in [3.63, 3.8) is 0 Å². The fraction of sp³-hybridized carbons (Fsp3) is 0.647. The van der Waals surface area contributed by atoms with Crippen molar-refractivity contribution in [2.75, 3.05) is 27.4 Å². The molecule has 1 unspecified atom stereocenters. The number of hydrogen-bond donors (Lipinski definition) is 1. The molecule has 1 rings (SSSR count). The molecule has 1 aromatic carbocycles. The smallest absolute Gasteiger partial charge is 0.123 e. The first-order valence-electron chi connectivity index (χ1n) is 7.27. The van der Waals surface area contributed by atoms with Gasteiger partial charge in [0.15, 0.2) is 0 Å². The van der Waals surface area contributed by atoms with Crippen molar-refractivity contribution in [3.05, 3.63) is 29.3 Å². The lowest BCUT2D eigenvalue weighted by Crippen LogP contribution is -2.23. The van der Waals surface area contributed by atoms with Crippen molar-refractivity contribution < 1.29 is 9.47 Å². The van der Waals surface area contributed by atoms with Gasteiger partial charge in [-0.15, -0.1) is 0 Å². The molecule has 0 aliphatic rings. The fourth-order valence-electron chi connectivity index (χ4n) is 2.03. The van der Waals surface area contributed by atoms with E-state index in [2.05, 4.69) is 45.1 Å². The SMILES string of the molecule is CNC(COCCC(C)(C)C)c1cc(C)ccc1OC. The maximum atomic E-state index is 5.84. The van der Waals surface area contributed by atoms with Crippen LogP contribution in [0.25, 0.3) is 0 Å². The molecule has 0 amide bonds. The molecule has 0 fully saturated rings. The molecule has 0 spiro atoms. The minimum Gasteiger partial charge on any atom is -0.496 e. The van der Waals surface area contributed by atoms with E-state index in [1.165, 1.54) is 5.56 Å². The normalized spacial score (nSPS) is 13.3. The van der Waals surface area contributed by atoms with Gasteiger partial charge in [-0.25, -0.2) is 0 Å². The van der Waals surface area contributed by atoms with E-state index in [1.54, 1.807) is 7.11 Å². The molecule has 114 valence electrons. The van der Waals surface area contributed by atoms with Gasteiger partial charge >= 0.3 is 0 Å². The van der Waals surface area contributed by atoms with E-state index in [4.69, 9.17) is 9.47 Å². The zero-order valence-corrected chi connectivity index (χ0v) is 13.7. The highest BCUT2D eigenvalue weighted by molar-refractivity contribution is 5.39. The van der Waals surface area contributed by atoms with E-state index in [9.17, 15) is 0 Å². The minimum absolute atomic E-state index is 0.157. The van der Waals surface area contributed by atoms with Gasteiger partial charge in [0, 0.05) is 12.2 Å². The van der Waals surface area contributed by atoms with Crippen molar-refractivity contribution in [3.8, 4) is 5.75 Å². The molecule has 1 atom stereocenters. The molecule has 3 heteroatoms. The van der Waals surface area contributed by atoms with Gasteiger partial charge in [0.25, 0.3) is 0 Å². The summed E-state index contributed by atoms with van der Waals surface area (Å²) in [5, 5.41) is 3.31. The van der Waals surface area contributed by atoms with Crippen molar-refractivity contribution in [1.82, 2.24) is 5.32 Å². The molecule has 0 aliphatic carbocycles. The second kappa shape index (κ2) is 7.65. The zero-order valence-electron chi connectivity index (χ0n) is 13.7. The molecule has 0 aliphatic heterocycles. The van der Waals surface area contributed by atoms with Crippen LogP contribution < -0.4 is 10.1 Å². The summed E-state index contributed by atoms with van der Waals surface area (Å²) in [6, 6.07) is 6.40. The third-order valence-electron chi connectivity index (χ3n) is 3.39. The Morgan fingerprint density at radius 1 is 1.25 bits per heavy atom. The van der Waals surface area contributed by atoms with Crippen LogP contribution in [0.4, 0.5) is 0 Å². The van der Waals surface area contributed by atoms with Gasteiger partial charge in [0.2, 0.25) is 0 Å². The fourth-order valence-corrected chi connectivity index (χ4v) is 2.03. The number of hydrogen-bond acceptors (Lipinski definition) is 3. The van der Waals surface area contributed by atoms with E-state index >= 15 is 0 Å². The first-order valence-corrected chi connectivity index (χ1v) is 7.27. The molecule has 0 heterocycles. The van der Waals surface area contributed by atoms with Crippen LogP contribution in [-0.4, -0.2) is 27.4 Å². The predicted molar refractivity (Wildman–Crippen MR) is 84.4 cm³/mol. The molecular weight excluding hydrogens is 250 g/mol. The van der Waals surface area contributed by atoms with E-state index in [0.717, 1.165) is 24.3 Å². The van der Waals surface area contributed by atoms with Gasteiger partial charge in [-0.2, -0.15) is 0 Å². The average Bonchev–Trinajstić information content (AvgIpc) is 2.37. The van der Waals surface area contributed by atoms with Gasteiger partial charge in [0.1, 0.15) is 5.75 Å². The van der Waals surface area contributed by atoms with Crippen LogP contribution in [0.3, 0.4) is 0 Å². The molecular formula is C17H29NO2. The second-order valence-electron chi connectivity index (χ2n) is 6.47. The van der Waals surface area contributed by atoms with Crippen molar-refractivity contribution in [2.24, 2.45) is 5.41 Å². The van der Waals surface area contributed by atoms with Crippen molar-refractivity contribution in [1.29, 1.82) is 0 Å². The molecule has 0 saturated carbocycles. The number of nitrogens with one attached hydrogen (secondary N) is 1. The molecule has 1 N–H and O–H groups in total. The Morgan fingerprint density at radius 2 is 1.95 bits per heavy atom. The summed E-state index contributed by atoms with van der Waals surface area (Å²) in [5.74, 6) is 0.911. The Morgan fingerprint density at radius 3 is 2.50 bits per heavy atom. The van der Waals surface area contributed by atoms with Crippen LogP contribution >= 0.6 is 0 Å². The third kappa shape index (κ3) is 5.51. The Hall–Kier alpha value is -1.06. The summed E-state index contributed by atoms with van der Waals surface area (Å²) in [6.07, 6.45) is 1.06. The third-order valence-corrected chi connectivity index (χ3v) is 3.39. The summed E-state index contributed by atoms with van der Waals surface area (Å²) in [4.78, 5) is 0. The summed E-state index contributed by atoms with van der Waals surface area (Å²) in [7, 11) is 3.67. The highest BCUT2D eigenvalue weighted by Crippen LogP contribution is 2.26. The van der Waals surface area contributed by atoms with Crippen LogP contribution in [0.2, 0.25) is 0 Å². The number of rotatable bonds is 7. The summed E-state index contributed by atoms with van der Waals surface area (Å²) in [6.45, 7) is 10.2. The van der Waals surface area contributed by atoms with E-state index < -0.39 is 0 Å². The topological polar surface area (TPSA) is 30.5 Å². The molecule has 0 aromatic heterocycles. The molecule has 20 heavy (non-hydrogen) atoms. The molecule has 3 nitrogen and oxygen atoms in total. The van der Waals surface area contributed by atoms with Gasteiger partial charge in [-0.1, -0.05) is 38.5 Å². The zero-order chi connectivity index (χ0) is 15.2. The summed E-state index contributed by atoms with van der Waals surface area (Å²) < 4.78 is 11.3. The standard InChI is InChI=1S/C17H29NO2/c1-13-7-8-16(19-6)14(11-13)15(18-5)12-20-10-9-17(2,3)4/h7-8,11,15,18H,9-10,12H2,1-6H3. The summed E-state index contributed by atoms with van der Waals surface area (Å²) >= 11 is 0. The molecule has 0 saturated heterocycles. The quantitative estimate of drug-likeness (QED) is 0.772. The van der Waals surface area contributed by atoms with E-state index in [0.29, 0.717) is 12.0 Å². The lowest BCUT2D eigenvalue weighted by atomic mass is 9.93. The van der Waals surface area contributed by atoms with E-state index in [1.807, 2.05) is 13.1 Å². The van der Waals surface area contributed by atoms with Crippen LogP contribution in [-0.2, 0) is 4.74 Å². The number of ether oxygens (including phenoxy) is 2. The predicted octanol–water partition coefficient (Wildman–Crippen LogP) is 3.72. The first kappa shape index (κ1) is 17.0. The summed E-state index contributed by atoms with van der Waals surface area (Å²) in [5.41, 5.74) is 2.71. The Bertz CT molecular complexity index is 410. The van der Waals surface area contributed by atoms with Gasteiger partial charge in [-0.3, -0.25) is 0 Å². The Balaban J connectivity index is 2.64. The maximum Gasteiger partial charge on any atom is 0.123 e. The van der Waals surface area contributed by atoms with E-state index in [-0.39, 0.29) is 6.04 Å². The largest absolute Gasteiger partial charge is 0.496 e. The van der Waals surface area contributed by atoms with Gasteiger partial charge < -0.3 is 14.8 Å². The van der Waals surface area contributed by atoms with Crippen LogP contribution in [0.15, 0.2) is 18.2 Å². The van der Waals surface area contributed by atoms with Gasteiger partial charge in [-0.05, 0) is 31.9 Å². The number of benzene rings is 1. The average molecular weight is 279 g/mol. The number of likely N-dealkylation sites (N-methyl/N-ethyl adjacent to an activating group) is 1.